The number of rotatable bonds is 4. The van der Waals surface area contributed by atoms with E-state index in [4.69, 9.17) is 4.74 Å². The highest BCUT2D eigenvalue weighted by Crippen LogP contribution is 2.31. The fourth-order valence-electron chi connectivity index (χ4n) is 1.86. The van der Waals surface area contributed by atoms with Gasteiger partial charge in [0.25, 0.3) is 0 Å². The number of phenols is 2. The Morgan fingerprint density at radius 2 is 1.95 bits per heavy atom. The number of nitrogens with one attached hydrogen (secondary N) is 1. The van der Waals surface area contributed by atoms with Gasteiger partial charge in [-0.05, 0) is 30.7 Å². The van der Waals surface area contributed by atoms with E-state index < -0.39 is 0 Å². The number of anilines is 1. The Morgan fingerprint density at radius 1 is 1.16 bits per heavy atom. The van der Waals surface area contributed by atoms with Gasteiger partial charge in [-0.25, -0.2) is 0 Å². The third-order valence-corrected chi connectivity index (χ3v) is 2.92. The third-order valence-electron chi connectivity index (χ3n) is 2.92. The number of para-hydroxylation sites is 1. The van der Waals surface area contributed by atoms with Crippen LogP contribution in [0, 0.1) is 6.92 Å². The van der Waals surface area contributed by atoms with Crippen molar-refractivity contribution < 1.29 is 14.9 Å². The molecule has 0 unspecified atom stereocenters. The van der Waals surface area contributed by atoms with Crippen LogP contribution in [0.5, 0.6) is 17.2 Å². The smallest absolute Gasteiger partial charge is 0.162 e. The van der Waals surface area contributed by atoms with Crippen LogP contribution in [0.1, 0.15) is 11.1 Å². The van der Waals surface area contributed by atoms with Crippen LogP contribution in [0.2, 0.25) is 0 Å². The minimum Gasteiger partial charge on any atom is -0.506 e. The normalized spacial score (nSPS) is 10.2. The van der Waals surface area contributed by atoms with Gasteiger partial charge in [0.15, 0.2) is 11.5 Å². The lowest BCUT2D eigenvalue weighted by atomic mass is 10.1. The van der Waals surface area contributed by atoms with Crippen molar-refractivity contribution in [3.63, 3.8) is 0 Å². The molecule has 0 amide bonds. The molecule has 0 aliphatic carbocycles. The molecule has 0 radical (unpaired) electrons. The van der Waals surface area contributed by atoms with Crippen LogP contribution in [-0.4, -0.2) is 17.3 Å². The molecule has 4 nitrogen and oxygen atoms in total. The Balaban J connectivity index is 2.17. The average Bonchev–Trinajstić information content (AvgIpc) is 2.41. The summed E-state index contributed by atoms with van der Waals surface area (Å²) in [6, 6.07) is 10.6. The molecule has 0 aliphatic rings. The van der Waals surface area contributed by atoms with E-state index in [9.17, 15) is 10.2 Å². The highest BCUT2D eigenvalue weighted by molar-refractivity contribution is 5.58. The van der Waals surface area contributed by atoms with Crippen LogP contribution in [0.25, 0.3) is 0 Å². The lowest BCUT2D eigenvalue weighted by molar-refractivity contribution is 0.371. The maximum Gasteiger partial charge on any atom is 0.162 e. The van der Waals surface area contributed by atoms with Crippen molar-refractivity contribution in [3.8, 4) is 17.2 Å². The predicted octanol–water partition coefficient (Wildman–Crippen LogP) is 3.03. The van der Waals surface area contributed by atoms with E-state index in [1.165, 1.54) is 7.11 Å². The topological polar surface area (TPSA) is 61.7 Å². The summed E-state index contributed by atoms with van der Waals surface area (Å²) in [7, 11) is 1.51. The molecule has 100 valence electrons. The zero-order valence-corrected chi connectivity index (χ0v) is 11.0. The fraction of sp³-hybridized carbons (Fsp3) is 0.200. The Kier molecular flexibility index (Phi) is 3.80. The highest BCUT2D eigenvalue weighted by Gasteiger charge is 2.08. The molecule has 19 heavy (non-hydrogen) atoms. The average molecular weight is 259 g/mol. The molecule has 0 saturated heterocycles. The molecule has 3 N–H and O–H groups in total. The van der Waals surface area contributed by atoms with Gasteiger partial charge in [0.05, 0.1) is 12.8 Å². The first kappa shape index (κ1) is 13.1. The summed E-state index contributed by atoms with van der Waals surface area (Å²) in [5.74, 6) is 0.741. The lowest BCUT2D eigenvalue weighted by Crippen LogP contribution is -2.01. The van der Waals surface area contributed by atoms with E-state index in [2.05, 4.69) is 5.32 Å². The second-order valence-electron chi connectivity index (χ2n) is 4.34. The summed E-state index contributed by atoms with van der Waals surface area (Å²) < 4.78 is 5.05. The molecule has 0 bridgehead atoms. The first-order valence-corrected chi connectivity index (χ1v) is 6.00. The van der Waals surface area contributed by atoms with E-state index in [1.807, 2.05) is 25.1 Å². The second-order valence-corrected chi connectivity index (χ2v) is 4.34. The number of ether oxygens (including phenoxy) is 1. The molecular weight excluding hydrogens is 242 g/mol. The predicted molar refractivity (Wildman–Crippen MR) is 74.8 cm³/mol. The molecule has 0 atom stereocenters. The van der Waals surface area contributed by atoms with Crippen molar-refractivity contribution in [2.75, 3.05) is 12.4 Å². The van der Waals surface area contributed by atoms with Crippen molar-refractivity contribution in [2.24, 2.45) is 0 Å². The van der Waals surface area contributed by atoms with Crippen molar-refractivity contribution in [1.82, 2.24) is 0 Å². The van der Waals surface area contributed by atoms with E-state index >= 15 is 0 Å². The SMILES string of the molecule is COc1cccc(CNc2cc(C)ccc2O)c1O. The number of aryl methyl sites for hydroxylation is 1. The number of hydrogen-bond donors (Lipinski definition) is 3. The number of aromatic hydroxyl groups is 2. The van der Waals surface area contributed by atoms with Gasteiger partial charge in [-0.1, -0.05) is 18.2 Å². The molecule has 0 heterocycles. The fourth-order valence-corrected chi connectivity index (χ4v) is 1.86. The monoisotopic (exact) mass is 259 g/mol. The standard InChI is InChI=1S/C15H17NO3/c1-10-6-7-13(17)12(8-10)16-9-11-4-3-5-14(19-2)15(11)18/h3-8,16-18H,9H2,1-2H3. The minimum atomic E-state index is 0.115. The number of phenolic OH excluding ortho intramolecular Hbond substituents is 2. The van der Waals surface area contributed by atoms with Crippen LogP contribution in [-0.2, 0) is 6.54 Å². The Morgan fingerprint density at radius 3 is 2.68 bits per heavy atom. The van der Waals surface area contributed by atoms with Crippen LogP contribution in [0.3, 0.4) is 0 Å². The van der Waals surface area contributed by atoms with Crippen LogP contribution >= 0.6 is 0 Å². The molecule has 0 saturated carbocycles. The van der Waals surface area contributed by atoms with Crippen molar-refractivity contribution >= 4 is 5.69 Å². The summed E-state index contributed by atoms with van der Waals surface area (Å²) in [6.07, 6.45) is 0. The molecule has 0 aromatic heterocycles. The molecule has 0 spiro atoms. The quantitative estimate of drug-likeness (QED) is 0.739. The van der Waals surface area contributed by atoms with Crippen molar-refractivity contribution in [1.29, 1.82) is 0 Å². The number of benzene rings is 2. The van der Waals surface area contributed by atoms with Crippen LogP contribution in [0.15, 0.2) is 36.4 Å². The first-order valence-electron chi connectivity index (χ1n) is 6.00. The van der Waals surface area contributed by atoms with E-state index in [1.54, 1.807) is 18.2 Å². The van der Waals surface area contributed by atoms with Crippen LogP contribution in [0.4, 0.5) is 5.69 Å². The van der Waals surface area contributed by atoms with E-state index in [-0.39, 0.29) is 11.5 Å². The van der Waals surface area contributed by atoms with Gasteiger partial charge in [-0.15, -0.1) is 0 Å². The summed E-state index contributed by atoms with van der Waals surface area (Å²) in [5, 5.41) is 22.8. The van der Waals surface area contributed by atoms with Gasteiger partial charge in [0, 0.05) is 12.1 Å². The Hall–Kier alpha value is -2.36. The molecule has 2 aromatic carbocycles. The van der Waals surface area contributed by atoms with Gasteiger partial charge in [-0.2, -0.15) is 0 Å². The van der Waals surface area contributed by atoms with E-state index in [0.717, 1.165) is 5.56 Å². The number of methoxy groups -OCH3 is 1. The Labute approximate surface area is 112 Å². The first-order chi connectivity index (χ1) is 9.11. The van der Waals surface area contributed by atoms with Gasteiger partial charge in [0.2, 0.25) is 0 Å². The summed E-state index contributed by atoms with van der Waals surface area (Å²) in [6.45, 7) is 2.35. The number of hydrogen-bond acceptors (Lipinski definition) is 4. The van der Waals surface area contributed by atoms with Gasteiger partial charge in [0.1, 0.15) is 5.75 Å². The van der Waals surface area contributed by atoms with Crippen LogP contribution < -0.4 is 10.1 Å². The maximum absolute atomic E-state index is 9.96. The summed E-state index contributed by atoms with van der Waals surface area (Å²) >= 11 is 0. The molecule has 0 fully saturated rings. The minimum absolute atomic E-state index is 0.115. The molecular formula is C15H17NO3. The zero-order chi connectivity index (χ0) is 13.8. The van der Waals surface area contributed by atoms with Gasteiger partial charge < -0.3 is 20.3 Å². The van der Waals surface area contributed by atoms with Crippen molar-refractivity contribution in [3.05, 3.63) is 47.5 Å². The molecule has 2 rings (SSSR count). The molecule has 4 heteroatoms. The maximum atomic E-state index is 9.96. The molecule has 0 aliphatic heterocycles. The third kappa shape index (κ3) is 2.91. The Bertz CT molecular complexity index is 582. The summed E-state index contributed by atoms with van der Waals surface area (Å²) in [5.41, 5.74) is 2.40. The van der Waals surface area contributed by atoms with E-state index in [0.29, 0.717) is 23.5 Å². The lowest BCUT2D eigenvalue weighted by Gasteiger charge is -2.12. The van der Waals surface area contributed by atoms with Gasteiger partial charge >= 0.3 is 0 Å². The molecule has 2 aromatic rings. The largest absolute Gasteiger partial charge is 0.506 e. The highest BCUT2D eigenvalue weighted by atomic mass is 16.5. The second kappa shape index (κ2) is 5.52. The van der Waals surface area contributed by atoms with Gasteiger partial charge in [-0.3, -0.25) is 0 Å². The van der Waals surface area contributed by atoms with Crippen molar-refractivity contribution in [2.45, 2.75) is 13.5 Å². The zero-order valence-electron chi connectivity index (χ0n) is 11.0. The summed E-state index contributed by atoms with van der Waals surface area (Å²) in [4.78, 5) is 0.